The molecule has 1 aliphatic rings. The Bertz CT molecular complexity index is 667. The van der Waals surface area contributed by atoms with Gasteiger partial charge in [0.1, 0.15) is 6.61 Å². The zero-order valence-corrected chi connectivity index (χ0v) is 11.2. The minimum atomic E-state index is -0.418. The van der Waals surface area contributed by atoms with Gasteiger partial charge >= 0.3 is 5.97 Å². The highest BCUT2D eigenvalue weighted by Crippen LogP contribution is 2.32. The maximum absolute atomic E-state index is 11.6. The summed E-state index contributed by atoms with van der Waals surface area (Å²) in [6.07, 6.45) is 4.70. The monoisotopic (exact) mass is 283 g/mol. The number of ether oxygens (including phenoxy) is 3. The zero-order valence-electron chi connectivity index (χ0n) is 11.2. The van der Waals surface area contributed by atoms with Crippen LogP contribution in [0.4, 0.5) is 0 Å². The molecule has 3 rings (SSSR count). The van der Waals surface area contributed by atoms with E-state index in [4.69, 9.17) is 14.2 Å². The molecule has 0 bridgehead atoms. The molecule has 2 heterocycles. The molecule has 0 saturated heterocycles. The van der Waals surface area contributed by atoms with Crippen LogP contribution in [0.25, 0.3) is 6.08 Å². The van der Waals surface area contributed by atoms with Crippen molar-refractivity contribution in [2.75, 3.05) is 6.79 Å². The number of esters is 1. The Labute approximate surface area is 121 Å². The summed E-state index contributed by atoms with van der Waals surface area (Å²) in [5.74, 6) is 0.974. The summed E-state index contributed by atoms with van der Waals surface area (Å²) in [6, 6.07) is 10.9. The third-order valence-corrected chi connectivity index (χ3v) is 2.90. The molecule has 106 valence electrons. The molecule has 2 aromatic rings. The lowest BCUT2D eigenvalue weighted by Gasteiger charge is -2.01. The Hall–Kier alpha value is -2.82. The number of fused-ring (bicyclic) bond motifs is 1. The molecule has 0 N–H and O–H groups in total. The largest absolute Gasteiger partial charge is 0.456 e. The lowest BCUT2D eigenvalue weighted by Crippen LogP contribution is -2.01. The van der Waals surface area contributed by atoms with Gasteiger partial charge in [0.15, 0.2) is 11.5 Å². The van der Waals surface area contributed by atoms with Crippen LogP contribution >= 0.6 is 0 Å². The summed E-state index contributed by atoms with van der Waals surface area (Å²) in [5, 5.41) is 0. The highest BCUT2D eigenvalue weighted by molar-refractivity contribution is 5.87. The molecule has 21 heavy (non-hydrogen) atoms. The van der Waals surface area contributed by atoms with E-state index in [1.807, 2.05) is 24.3 Å². The number of aromatic nitrogens is 1. The number of carbonyl (C=O) groups excluding carboxylic acids is 1. The van der Waals surface area contributed by atoms with E-state index in [9.17, 15) is 4.79 Å². The Kier molecular flexibility index (Phi) is 3.82. The molecule has 5 heteroatoms. The van der Waals surface area contributed by atoms with Gasteiger partial charge in [-0.3, -0.25) is 4.98 Å². The van der Waals surface area contributed by atoms with E-state index in [1.54, 1.807) is 24.4 Å². The maximum Gasteiger partial charge on any atom is 0.331 e. The first-order valence-electron chi connectivity index (χ1n) is 6.46. The average molecular weight is 283 g/mol. The first kappa shape index (κ1) is 13.2. The van der Waals surface area contributed by atoms with Gasteiger partial charge in [-0.05, 0) is 35.9 Å². The van der Waals surface area contributed by atoms with Crippen molar-refractivity contribution in [2.45, 2.75) is 6.61 Å². The van der Waals surface area contributed by atoms with Gasteiger partial charge in [0.25, 0.3) is 0 Å². The predicted molar refractivity (Wildman–Crippen MR) is 75.6 cm³/mol. The average Bonchev–Trinajstić information content (AvgIpc) is 2.99. The molecule has 0 fully saturated rings. The van der Waals surface area contributed by atoms with Crippen molar-refractivity contribution in [3.05, 3.63) is 59.9 Å². The number of benzene rings is 1. The summed E-state index contributed by atoms with van der Waals surface area (Å²) < 4.78 is 15.6. The van der Waals surface area contributed by atoms with Crippen LogP contribution in [0, 0.1) is 0 Å². The molecule has 0 radical (unpaired) electrons. The van der Waals surface area contributed by atoms with Crippen molar-refractivity contribution in [3.63, 3.8) is 0 Å². The van der Waals surface area contributed by atoms with Crippen LogP contribution in [0.2, 0.25) is 0 Å². The van der Waals surface area contributed by atoms with Crippen molar-refractivity contribution in [2.24, 2.45) is 0 Å². The lowest BCUT2D eigenvalue weighted by atomic mass is 10.2. The van der Waals surface area contributed by atoms with E-state index >= 15 is 0 Å². The number of hydrogen-bond acceptors (Lipinski definition) is 5. The first-order chi connectivity index (χ1) is 10.3. The molecular weight excluding hydrogens is 270 g/mol. The standard InChI is InChI=1S/C16H13NO4/c18-16(19-10-13-3-1-2-8-17-13)7-5-12-4-6-14-15(9-12)21-11-20-14/h1-9H,10-11H2/b7-5+. The molecular formula is C16H13NO4. The number of pyridine rings is 1. The van der Waals surface area contributed by atoms with Gasteiger partial charge in [0.2, 0.25) is 6.79 Å². The van der Waals surface area contributed by atoms with Crippen molar-refractivity contribution in [1.82, 2.24) is 4.98 Å². The Morgan fingerprint density at radius 3 is 3.00 bits per heavy atom. The van der Waals surface area contributed by atoms with E-state index < -0.39 is 5.97 Å². The van der Waals surface area contributed by atoms with Gasteiger partial charge in [-0.2, -0.15) is 0 Å². The Morgan fingerprint density at radius 1 is 1.24 bits per heavy atom. The van der Waals surface area contributed by atoms with Crippen LogP contribution < -0.4 is 9.47 Å². The van der Waals surface area contributed by atoms with Gasteiger partial charge in [-0.25, -0.2) is 4.79 Å². The molecule has 0 atom stereocenters. The van der Waals surface area contributed by atoms with E-state index in [2.05, 4.69) is 4.98 Å². The van der Waals surface area contributed by atoms with E-state index in [-0.39, 0.29) is 13.4 Å². The number of nitrogens with zero attached hydrogens (tertiary/aromatic N) is 1. The molecule has 0 saturated carbocycles. The Morgan fingerprint density at radius 2 is 2.14 bits per heavy atom. The lowest BCUT2D eigenvalue weighted by molar-refractivity contribution is -0.139. The van der Waals surface area contributed by atoms with Gasteiger partial charge in [0.05, 0.1) is 5.69 Å². The fraction of sp³-hybridized carbons (Fsp3) is 0.125. The maximum atomic E-state index is 11.6. The summed E-state index contributed by atoms with van der Waals surface area (Å²) in [7, 11) is 0. The third-order valence-electron chi connectivity index (χ3n) is 2.90. The molecule has 1 aromatic carbocycles. The molecule has 0 unspecified atom stereocenters. The van der Waals surface area contributed by atoms with Crippen LogP contribution in [0.3, 0.4) is 0 Å². The second-order valence-electron chi connectivity index (χ2n) is 4.37. The molecule has 1 aliphatic heterocycles. The van der Waals surface area contributed by atoms with Crippen LogP contribution in [0.5, 0.6) is 11.5 Å². The quantitative estimate of drug-likeness (QED) is 0.637. The van der Waals surface area contributed by atoms with Crippen molar-refractivity contribution in [1.29, 1.82) is 0 Å². The van der Waals surface area contributed by atoms with Crippen LogP contribution in [-0.2, 0) is 16.1 Å². The van der Waals surface area contributed by atoms with E-state index in [0.29, 0.717) is 17.2 Å². The third kappa shape index (κ3) is 3.39. The second kappa shape index (κ2) is 6.09. The molecule has 0 amide bonds. The molecule has 0 spiro atoms. The molecule has 1 aromatic heterocycles. The minimum Gasteiger partial charge on any atom is -0.456 e. The van der Waals surface area contributed by atoms with Gasteiger partial charge in [-0.1, -0.05) is 12.1 Å². The molecule has 0 aliphatic carbocycles. The normalized spacial score (nSPS) is 12.6. The highest BCUT2D eigenvalue weighted by Gasteiger charge is 2.12. The van der Waals surface area contributed by atoms with Crippen LogP contribution in [0.15, 0.2) is 48.7 Å². The minimum absolute atomic E-state index is 0.158. The van der Waals surface area contributed by atoms with Gasteiger partial charge < -0.3 is 14.2 Å². The van der Waals surface area contributed by atoms with Crippen LogP contribution in [0.1, 0.15) is 11.3 Å². The summed E-state index contributed by atoms with van der Waals surface area (Å²) in [6.45, 7) is 0.389. The van der Waals surface area contributed by atoms with Gasteiger partial charge in [0, 0.05) is 12.3 Å². The number of carbonyl (C=O) groups is 1. The number of rotatable bonds is 4. The van der Waals surface area contributed by atoms with E-state index in [0.717, 1.165) is 5.56 Å². The highest BCUT2D eigenvalue weighted by atomic mass is 16.7. The van der Waals surface area contributed by atoms with Crippen LogP contribution in [-0.4, -0.2) is 17.7 Å². The predicted octanol–water partition coefficient (Wildman–Crippen LogP) is 2.57. The summed E-state index contributed by atoms with van der Waals surface area (Å²) in [5.41, 5.74) is 1.55. The van der Waals surface area contributed by atoms with Gasteiger partial charge in [-0.15, -0.1) is 0 Å². The molecule has 5 nitrogen and oxygen atoms in total. The summed E-state index contributed by atoms with van der Waals surface area (Å²) >= 11 is 0. The van der Waals surface area contributed by atoms with Crippen molar-refractivity contribution < 1.29 is 19.0 Å². The second-order valence-corrected chi connectivity index (χ2v) is 4.37. The SMILES string of the molecule is O=C(/C=C/c1ccc2c(c1)OCO2)OCc1ccccn1. The van der Waals surface area contributed by atoms with Crippen molar-refractivity contribution >= 4 is 12.0 Å². The van der Waals surface area contributed by atoms with E-state index in [1.165, 1.54) is 6.08 Å². The first-order valence-corrected chi connectivity index (χ1v) is 6.46. The van der Waals surface area contributed by atoms with Crippen molar-refractivity contribution in [3.8, 4) is 11.5 Å². The topological polar surface area (TPSA) is 57.7 Å². The zero-order chi connectivity index (χ0) is 14.5. The fourth-order valence-corrected chi connectivity index (χ4v) is 1.86. The fourth-order valence-electron chi connectivity index (χ4n) is 1.86. The number of hydrogen-bond donors (Lipinski definition) is 0. The Balaban J connectivity index is 1.57. The smallest absolute Gasteiger partial charge is 0.331 e. The summed E-state index contributed by atoms with van der Waals surface area (Å²) in [4.78, 5) is 15.7.